The first-order valence-electron chi connectivity index (χ1n) is 9.95. The molecule has 8 nitrogen and oxygen atoms in total. The lowest BCUT2D eigenvalue weighted by atomic mass is 10.0. The minimum atomic E-state index is -0.573. The van der Waals surface area contributed by atoms with Crippen LogP contribution in [-0.4, -0.2) is 53.4 Å². The monoisotopic (exact) mass is 434 g/mol. The Morgan fingerprint density at radius 3 is 2.67 bits per heavy atom. The summed E-state index contributed by atoms with van der Waals surface area (Å²) in [4.78, 5) is 22.5. The van der Waals surface area contributed by atoms with Gasteiger partial charge in [0, 0.05) is 24.7 Å². The number of phenols is 1. The van der Waals surface area contributed by atoms with Crippen LogP contribution in [0.3, 0.4) is 0 Å². The number of hydrogen-bond donors (Lipinski definition) is 2. The molecule has 30 heavy (non-hydrogen) atoms. The highest BCUT2D eigenvalue weighted by molar-refractivity contribution is 6.28. The topological polar surface area (TPSA) is 96.8 Å². The molecule has 2 heterocycles. The summed E-state index contributed by atoms with van der Waals surface area (Å²) in [6, 6.07) is 6.96. The number of ether oxygens (including phenoxy) is 2. The van der Waals surface area contributed by atoms with Gasteiger partial charge in [0.05, 0.1) is 13.2 Å². The quantitative estimate of drug-likeness (QED) is 0.506. The molecule has 0 radical (unpaired) electrons. The fourth-order valence-corrected chi connectivity index (χ4v) is 3.73. The van der Waals surface area contributed by atoms with E-state index in [1.165, 1.54) is 7.11 Å². The van der Waals surface area contributed by atoms with Gasteiger partial charge >= 0.3 is 5.97 Å². The highest BCUT2D eigenvalue weighted by Gasteiger charge is 2.25. The maximum Gasteiger partial charge on any atom is 0.356 e. The van der Waals surface area contributed by atoms with Crippen LogP contribution in [0.2, 0.25) is 5.28 Å². The Bertz CT molecular complexity index is 887. The summed E-state index contributed by atoms with van der Waals surface area (Å²) in [7, 11) is 1.30. The van der Waals surface area contributed by atoms with Crippen molar-refractivity contribution in [2.24, 2.45) is 0 Å². The molecule has 2 N–H and O–H groups in total. The second-order valence-corrected chi connectivity index (χ2v) is 7.82. The number of methoxy groups -OCH3 is 1. The largest absolute Gasteiger partial charge is 0.508 e. The predicted octanol–water partition coefficient (Wildman–Crippen LogP) is 3.17. The summed E-state index contributed by atoms with van der Waals surface area (Å²) in [5.41, 5.74) is 0.963. The third-order valence-corrected chi connectivity index (χ3v) is 4.97. The number of esters is 1. The molecule has 0 saturated carbocycles. The number of halogens is 1. The van der Waals surface area contributed by atoms with Crippen molar-refractivity contribution in [1.82, 2.24) is 15.3 Å². The van der Waals surface area contributed by atoms with Crippen LogP contribution in [0.25, 0.3) is 0 Å². The Kier molecular flexibility index (Phi) is 7.33. The Morgan fingerprint density at radius 1 is 1.27 bits per heavy atom. The van der Waals surface area contributed by atoms with E-state index >= 15 is 0 Å². The summed E-state index contributed by atoms with van der Waals surface area (Å²) < 4.78 is 10.5. The number of anilines is 1. The number of piperidine rings is 1. The van der Waals surface area contributed by atoms with E-state index in [1.54, 1.807) is 18.2 Å². The molecule has 1 aliphatic rings. The van der Waals surface area contributed by atoms with Crippen LogP contribution in [0, 0.1) is 0 Å². The van der Waals surface area contributed by atoms with E-state index in [4.69, 9.17) is 21.1 Å². The summed E-state index contributed by atoms with van der Waals surface area (Å²) in [5, 5.41) is 13.5. The van der Waals surface area contributed by atoms with Crippen LogP contribution >= 0.6 is 11.6 Å². The van der Waals surface area contributed by atoms with E-state index in [2.05, 4.69) is 20.2 Å². The first-order chi connectivity index (χ1) is 14.4. The van der Waals surface area contributed by atoms with Gasteiger partial charge in [0.25, 0.3) is 0 Å². The summed E-state index contributed by atoms with van der Waals surface area (Å²) in [6.07, 6.45) is 1.80. The first-order valence-corrected chi connectivity index (χ1v) is 10.3. The van der Waals surface area contributed by atoms with Crippen LogP contribution in [0.15, 0.2) is 24.3 Å². The molecular weight excluding hydrogens is 408 g/mol. The smallest absolute Gasteiger partial charge is 0.356 e. The van der Waals surface area contributed by atoms with Crippen molar-refractivity contribution in [2.45, 2.75) is 45.4 Å². The molecule has 1 aliphatic heterocycles. The van der Waals surface area contributed by atoms with Crippen molar-refractivity contribution in [1.29, 1.82) is 0 Å². The van der Waals surface area contributed by atoms with Crippen LogP contribution in [0.1, 0.15) is 42.7 Å². The zero-order valence-corrected chi connectivity index (χ0v) is 18.1. The number of nitrogens with one attached hydrogen (secondary N) is 1. The molecule has 1 fully saturated rings. The van der Waals surface area contributed by atoms with Crippen molar-refractivity contribution in [3.05, 3.63) is 40.8 Å². The van der Waals surface area contributed by atoms with Crippen LogP contribution < -0.4 is 15.0 Å². The first kappa shape index (κ1) is 22.1. The summed E-state index contributed by atoms with van der Waals surface area (Å²) in [6.45, 7) is 6.09. The predicted molar refractivity (Wildman–Crippen MR) is 114 cm³/mol. The number of nitrogens with zero attached hydrogens (tertiary/aromatic N) is 3. The average Bonchev–Trinajstić information content (AvgIpc) is 2.70. The number of hydrogen-bond acceptors (Lipinski definition) is 8. The normalized spacial score (nSPS) is 14.6. The van der Waals surface area contributed by atoms with E-state index in [1.807, 2.05) is 19.9 Å². The number of aromatic nitrogens is 2. The lowest BCUT2D eigenvalue weighted by molar-refractivity contribution is 0.0594. The molecule has 0 amide bonds. The Labute approximate surface area is 181 Å². The standard InChI is InChI=1S/C21H27ClN4O4/c1-13(2)30-17-9-14(8-16(27)10-17)12-26(15-4-6-23-7-5-15)19-11-18(20(28)29-3)24-21(22)25-19/h8-11,13,15,23,27H,4-7,12H2,1-3H3. The van der Waals surface area contributed by atoms with Gasteiger partial charge in [0.2, 0.25) is 5.28 Å². The number of benzene rings is 1. The molecule has 0 aliphatic carbocycles. The van der Waals surface area contributed by atoms with Gasteiger partial charge in [0.15, 0.2) is 5.69 Å². The second kappa shape index (κ2) is 9.95. The Balaban J connectivity index is 1.97. The summed E-state index contributed by atoms with van der Waals surface area (Å²) in [5.74, 6) is 0.693. The SMILES string of the molecule is COC(=O)c1cc(N(Cc2cc(O)cc(OC(C)C)c2)C2CCNCC2)nc(Cl)n1. The van der Waals surface area contributed by atoms with Crippen molar-refractivity contribution >= 4 is 23.4 Å². The highest BCUT2D eigenvalue weighted by Crippen LogP contribution is 2.28. The molecule has 2 aromatic rings. The van der Waals surface area contributed by atoms with Gasteiger partial charge in [-0.05, 0) is 69.1 Å². The minimum Gasteiger partial charge on any atom is -0.508 e. The minimum absolute atomic E-state index is 0.0107. The van der Waals surface area contributed by atoms with Gasteiger partial charge in [-0.25, -0.2) is 14.8 Å². The lowest BCUT2D eigenvalue weighted by Gasteiger charge is -2.36. The fraction of sp³-hybridized carbons (Fsp3) is 0.476. The van der Waals surface area contributed by atoms with Crippen molar-refractivity contribution in [3.8, 4) is 11.5 Å². The number of carbonyl (C=O) groups is 1. The molecule has 0 spiro atoms. The van der Waals surface area contributed by atoms with Crippen LogP contribution in [-0.2, 0) is 11.3 Å². The number of carbonyl (C=O) groups excluding carboxylic acids is 1. The maximum absolute atomic E-state index is 12.0. The van der Waals surface area contributed by atoms with Gasteiger partial charge in [-0.1, -0.05) is 0 Å². The van der Waals surface area contributed by atoms with Crippen molar-refractivity contribution in [3.63, 3.8) is 0 Å². The molecular formula is C21H27ClN4O4. The van der Waals surface area contributed by atoms with Gasteiger partial charge in [-0.3, -0.25) is 0 Å². The third-order valence-electron chi connectivity index (χ3n) is 4.80. The van der Waals surface area contributed by atoms with Gasteiger partial charge in [-0.15, -0.1) is 0 Å². The Morgan fingerprint density at radius 2 is 2.00 bits per heavy atom. The maximum atomic E-state index is 12.0. The molecule has 1 saturated heterocycles. The van der Waals surface area contributed by atoms with Crippen molar-refractivity contribution < 1.29 is 19.4 Å². The zero-order valence-electron chi connectivity index (χ0n) is 17.4. The van der Waals surface area contributed by atoms with E-state index in [-0.39, 0.29) is 28.9 Å². The molecule has 0 unspecified atom stereocenters. The van der Waals surface area contributed by atoms with Crippen LogP contribution in [0.4, 0.5) is 5.82 Å². The fourth-order valence-electron chi connectivity index (χ4n) is 3.55. The Hall–Kier alpha value is -2.58. The van der Waals surface area contributed by atoms with Gasteiger partial charge in [0.1, 0.15) is 17.3 Å². The molecule has 9 heteroatoms. The molecule has 0 atom stereocenters. The molecule has 1 aromatic carbocycles. The van der Waals surface area contributed by atoms with Gasteiger partial charge < -0.3 is 24.8 Å². The molecule has 0 bridgehead atoms. The van der Waals surface area contributed by atoms with E-state index in [0.717, 1.165) is 31.5 Å². The number of rotatable bonds is 7. The van der Waals surface area contributed by atoms with Crippen molar-refractivity contribution in [2.75, 3.05) is 25.1 Å². The molecule has 1 aromatic heterocycles. The van der Waals surface area contributed by atoms with Gasteiger partial charge in [-0.2, -0.15) is 0 Å². The average molecular weight is 435 g/mol. The van der Waals surface area contributed by atoms with E-state index in [0.29, 0.717) is 18.1 Å². The van der Waals surface area contributed by atoms with Crippen LogP contribution in [0.5, 0.6) is 11.5 Å². The second-order valence-electron chi connectivity index (χ2n) is 7.48. The number of phenolic OH excluding ortho intramolecular Hbond substituents is 1. The molecule has 162 valence electrons. The van der Waals surface area contributed by atoms with E-state index in [9.17, 15) is 9.90 Å². The van der Waals surface area contributed by atoms with E-state index < -0.39 is 5.97 Å². The zero-order chi connectivity index (χ0) is 21.7. The molecule has 3 rings (SSSR count). The summed E-state index contributed by atoms with van der Waals surface area (Å²) >= 11 is 6.12. The highest BCUT2D eigenvalue weighted by atomic mass is 35.5. The third kappa shape index (κ3) is 5.73. The number of aromatic hydroxyl groups is 1. The lowest BCUT2D eigenvalue weighted by Crippen LogP contribution is -2.43.